The van der Waals surface area contributed by atoms with Gasteiger partial charge in [0.1, 0.15) is 11.2 Å². The third-order valence-electron chi connectivity index (χ3n) is 22.7. The van der Waals surface area contributed by atoms with Gasteiger partial charge in [-0.15, -0.1) is 0 Å². The summed E-state index contributed by atoms with van der Waals surface area (Å²) in [6.45, 7) is 45.6. The Morgan fingerprint density at radius 3 is 1.59 bits per heavy atom. The lowest BCUT2D eigenvalue weighted by molar-refractivity contribution is 0.332. The van der Waals surface area contributed by atoms with Crippen molar-refractivity contribution in [1.29, 1.82) is 0 Å². The Morgan fingerprint density at radius 2 is 1.00 bits per heavy atom. The molecule has 94 heavy (non-hydrogen) atoms. The SMILES string of the molecule is Cc1cccc(C)c1-c1cc2c3c(c1)N(CCCc1ccc(C(C)(C)C)cc1-c1ccccc1)c1c(oc4cc5c(cc14)C(C)(C)CCC5(C)C)B3N(c1ccc3c(c1)C(C)(C)CCC3(C)C)c1cc(N(c3ccc(C(C)(C)C)cc3)c3ccc(C(C)(C)C)cc3)ccc1-2. The van der Waals surface area contributed by atoms with Crippen LogP contribution in [0, 0.1) is 13.8 Å². The maximum atomic E-state index is 7.99. The van der Waals surface area contributed by atoms with E-state index >= 15 is 0 Å². The zero-order valence-corrected chi connectivity index (χ0v) is 60.0. The van der Waals surface area contributed by atoms with E-state index in [0.29, 0.717) is 0 Å². The minimum atomic E-state index is -0.325. The molecule has 0 radical (unpaired) electrons. The normalized spacial score (nSPS) is 16.7. The molecule has 0 atom stereocenters. The molecular formula is C89H100BN3O. The third kappa shape index (κ3) is 10.8. The first-order valence-corrected chi connectivity index (χ1v) is 35.2. The molecule has 0 saturated heterocycles. The van der Waals surface area contributed by atoms with Crippen molar-refractivity contribution in [1.82, 2.24) is 0 Å². The van der Waals surface area contributed by atoms with E-state index < -0.39 is 0 Å². The molecule has 0 spiro atoms. The molecule has 0 fully saturated rings. The summed E-state index contributed by atoms with van der Waals surface area (Å²) in [6.07, 6.45) is 6.38. The van der Waals surface area contributed by atoms with Crippen LogP contribution in [-0.4, -0.2) is 13.4 Å². The van der Waals surface area contributed by atoms with Crippen LogP contribution in [0.5, 0.6) is 0 Å². The molecule has 4 aliphatic rings. The van der Waals surface area contributed by atoms with Gasteiger partial charge < -0.3 is 19.0 Å². The van der Waals surface area contributed by atoms with Crippen LogP contribution in [0.2, 0.25) is 0 Å². The number of fused-ring (bicyclic) bond motifs is 8. The Hall–Kier alpha value is -8.02. The van der Waals surface area contributed by atoms with Crippen molar-refractivity contribution in [3.63, 3.8) is 0 Å². The molecule has 1 aromatic heterocycles. The van der Waals surface area contributed by atoms with Gasteiger partial charge in [0.2, 0.25) is 0 Å². The number of hydrogen-bond acceptors (Lipinski definition) is 4. The number of benzene rings is 9. The summed E-state index contributed by atoms with van der Waals surface area (Å²) in [4.78, 5) is 7.97. The van der Waals surface area contributed by atoms with Crippen LogP contribution >= 0.6 is 0 Å². The summed E-state index contributed by atoms with van der Waals surface area (Å²) in [7, 11) is 0. The monoisotopic (exact) mass is 1240 g/mol. The van der Waals surface area contributed by atoms with E-state index in [1.54, 1.807) is 0 Å². The first-order valence-electron chi connectivity index (χ1n) is 35.2. The standard InChI is InChI=1S/C89H100BN3O/c1-56-25-23-26-57(2)79(56)60-49-70-68-42-40-66(92(64-36-32-61(33-37-64)83(3,4)5)65-38-34-62(35-39-65)84(6,7)8)53-76(68)93(67-41-43-72-73(52-67)87(14,15)45-44-86(72,12)13)90-80(70)77(50-60)91(48-24-29-59-30-31-63(85(9,10)11)51-69(59)58-27-21-20-22-28-58)81-71-54-74-75(55-78(71)94-82(81)90)89(18,19)47-46-88(74,16)17/h20-23,25-28,30-43,49-55H,24,29,44-48H2,1-19H3. The number of nitrogens with zero attached hydrogens (tertiary/aromatic N) is 3. The number of aryl methyl sites for hydroxylation is 3. The average Bonchev–Trinajstić information content (AvgIpc) is 1.32. The molecule has 2 aliphatic heterocycles. The second-order valence-corrected chi connectivity index (χ2v) is 34.3. The number of furan rings is 1. The van der Waals surface area contributed by atoms with Gasteiger partial charge in [0.05, 0.1) is 5.69 Å². The molecule has 4 nitrogen and oxygen atoms in total. The van der Waals surface area contributed by atoms with Crippen LogP contribution in [0.3, 0.4) is 0 Å². The Labute approximate surface area is 564 Å². The van der Waals surface area contributed by atoms with E-state index in [9.17, 15) is 0 Å². The highest BCUT2D eigenvalue weighted by Gasteiger charge is 2.50. The van der Waals surface area contributed by atoms with Gasteiger partial charge in [-0.25, -0.2) is 0 Å². The largest absolute Gasteiger partial charge is 0.466 e. The fraction of sp³-hybridized carbons (Fsp3) is 0.371. The molecule has 0 bridgehead atoms. The topological polar surface area (TPSA) is 22.9 Å². The number of anilines is 7. The summed E-state index contributed by atoms with van der Waals surface area (Å²) >= 11 is 0. The van der Waals surface area contributed by atoms with Crippen molar-refractivity contribution in [2.45, 2.75) is 208 Å². The molecule has 0 amide bonds. The Morgan fingerprint density at radius 1 is 0.457 bits per heavy atom. The van der Waals surface area contributed by atoms with E-state index in [-0.39, 0.29) is 44.8 Å². The van der Waals surface area contributed by atoms with Crippen molar-refractivity contribution in [2.24, 2.45) is 0 Å². The molecule has 2 aliphatic carbocycles. The summed E-state index contributed by atoms with van der Waals surface area (Å²) in [5, 5.41) is 1.21. The van der Waals surface area contributed by atoms with E-state index in [1.807, 2.05) is 0 Å². The summed E-state index contributed by atoms with van der Waals surface area (Å²) < 4.78 is 7.99. The fourth-order valence-corrected chi connectivity index (χ4v) is 16.6. The summed E-state index contributed by atoms with van der Waals surface area (Å²) in [5.41, 5.74) is 32.8. The zero-order chi connectivity index (χ0) is 66.6. The Bertz CT molecular complexity index is 4530. The predicted octanol–water partition coefficient (Wildman–Crippen LogP) is 23.5. The lowest BCUT2D eigenvalue weighted by Crippen LogP contribution is -2.61. The van der Waals surface area contributed by atoms with Crippen molar-refractivity contribution in [3.05, 3.63) is 232 Å². The van der Waals surface area contributed by atoms with Crippen molar-refractivity contribution in [3.8, 4) is 33.4 Å². The lowest BCUT2D eigenvalue weighted by Gasteiger charge is -2.46. The highest BCUT2D eigenvalue weighted by molar-refractivity contribution is 6.93. The maximum Gasteiger partial charge on any atom is 0.375 e. The molecule has 0 N–H and O–H groups in total. The van der Waals surface area contributed by atoms with Crippen LogP contribution in [0.25, 0.3) is 44.3 Å². The second-order valence-electron chi connectivity index (χ2n) is 34.3. The number of hydrogen-bond donors (Lipinski definition) is 0. The van der Waals surface area contributed by atoms with Gasteiger partial charge >= 0.3 is 6.85 Å². The highest BCUT2D eigenvalue weighted by atomic mass is 16.3. The molecular weight excluding hydrogens is 1140 g/mol. The zero-order valence-electron chi connectivity index (χ0n) is 60.0. The van der Waals surface area contributed by atoms with Crippen LogP contribution in [0.1, 0.15) is 205 Å². The summed E-state index contributed by atoms with van der Waals surface area (Å²) in [5.74, 6) is 0. The fourth-order valence-electron chi connectivity index (χ4n) is 16.6. The molecule has 10 aromatic rings. The van der Waals surface area contributed by atoms with E-state index in [2.05, 4.69) is 322 Å². The third-order valence-corrected chi connectivity index (χ3v) is 22.7. The second kappa shape index (κ2) is 22.3. The maximum absolute atomic E-state index is 7.99. The van der Waals surface area contributed by atoms with Gasteiger partial charge in [-0.1, -0.05) is 221 Å². The summed E-state index contributed by atoms with van der Waals surface area (Å²) in [6, 6.07) is 69.1. The van der Waals surface area contributed by atoms with Crippen LogP contribution < -0.4 is 25.7 Å². The average molecular weight is 1240 g/mol. The van der Waals surface area contributed by atoms with Gasteiger partial charge in [-0.2, -0.15) is 0 Å². The van der Waals surface area contributed by atoms with Crippen molar-refractivity contribution >= 4 is 68.8 Å². The quantitative estimate of drug-likeness (QED) is 0.127. The molecule has 480 valence electrons. The minimum absolute atomic E-state index is 0.00566. The van der Waals surface area contributed by atoms with Crippen LogP contribution in [0.15, 0.2) is 180 Å². The van der Waals surface area contributed by atoms with E-state index in [4.69, 9.17) is 4.42 Å². The minimum Gasteiger partial charge on any atom is -0.466 e. The first-order chi connectivity index (χ1) is 44.3. The van der Waals surface area contributed by atoms with E-state index in [1.165, 1.54) is 123 Å². The van der Waals surface area contributed by atoms with Gasteiger partial charge in [0, 0.05) is 51.6 Å². The molecule has 9 aromatic carbocycles. The smallest absolute Gasteiger partial charge is 0.375 e. The van der Waals surface area contributed by atoms with Gasteiger partial charge in [-0.05, 0) is 252 Å². The van der Waals surface area contributed by atoms with Gasteiger partial charge in [0.25, 0.3) is 0 Å². The molecule has 0 unspecified atom stereocenters. The Kier molecular flexibility index (Phi) is 15.0. The van der Waals surface area contributed by atoms with Gasteiger partial charge in [-0.3, -0.25) is 0 Å². The molecule has 0 saturated carbocycles. The highest BCUT2D eigenvalue weighted by Crippen LogP contribution is 2.55. The molecule has 5 heteroatoms. The van der Waals surface area contributed by atoms with Gasteiger partial charge in [0.15, 0.2) is 0 Å². The molecule has 3 heterocycles. The molecule has 14 rings (SSSR count). The van der Waals surface area contributed by atoms with Crippen molar-refractivity contribution < 1.29 is 4.42 Å². The van der Waals surface area contributed by atoms with Crippen LogP contribution in [0.4, 0.5) is 39.8 Å². The van der Waals surface area contributed by atoms with Crippen LogP contribution in [-0.2, 0) is 44.3 Å². The lowest BCUT2D eigenvalue weighted by atomic mass is 9.45. The number of rotatable bonds is 10. The van der Waals surface area contributed by atoms with Crippen molar-refractivity contribution in [2.75, 3.05) is 21.2 Å². The Balaban J connectivity index is 1.06. The first kappa shape index (κ1) is 63.4. The van der Waals surface area contributed by atoms with E-state index in [0.717, 1.165) is 73.4 Å². The predicted molar refractivity (Wildman–Crippen MR) is 405 cm³/mol.